The molecule has 3 aromatic heterocycles. The molecule has 5 nitrogen and oxygen atoms in total. The number of benzene rings is 3. The third kappa shape index (κ3) is 6.41. The minimum Gasteiger partial charge on any atom is -0.512 e. The number of fused-ring (bicyclic) bond motifs is 8. The number of pyridine rings is 2. The molecule has 0 aliphatic heterocycles. The normalized spacial score (nSPS) is 12.3. The number of hydrogen-bond donors (Lipinski definition) is 1. The van der Waals surface area contributed by atoms with Gasteiger partial charge in [-0.1, -0.05) is 97.9 Å². The SMILES string of the molecule is CC(C)(C)C(=O)/C=C(\O)C(C)(C)C.Cc1[c-]c(-c2nccc3nc4c5ccccc5c5ccccc5n4c23)cc(C)c1.[Ir]. The molecule has 0 atom stereocenters. The number of carbonyl (C=O) groups is 1. The van der Waals surface area contributed by atoms with E-state index in [1.165, 1.54) is 22.4 Å². The predicted octanol–water partition coefficient (Wildman–Crippen LogP) is 9.36. The van der Waals surface area contributed by atoms with Gasteiger partial charge in [-0.15, -0.1) is 34.9 Å². The largest absolute Gasteiger partial charge is 0.512 e. The number of nitrogens with zero attached hydrogens (tertiary/aromatic N) is 3. The van der Waals surface area contributed by atoms with Gasteiger partial charge in [-0.25, -0.2) is 4.98 Å². The Kier molecular flexibility index (Phi) is 8.97. The molecule has 3 aromatic carbocycles. The van der Waals surface area contributed by atoms with Crippen LogP contribution in [0.25, 0.3) is 49.6 Å². The van der Waals surface area contributed by atoms with E-state index in [0.717, 1.165) is 44.4 Å². The Morgan fingerprint density at radius 1 is 0.860 bits per heavy atom. The Morgan fingerprint density at radius 3 is 2.12 bits per heavy atom. The maximum atomic E-state index is 11.5. The van der Waals surface area contributed by atoms with E-state index < -0.39 is 5.41 Å². The van der Waals surface area contributed by atoms with Crippen molar-refractivity contribution in [1.29, 1.82) is 0 Å². The Balaban J connectivity index is 0.000000260. The van der Waals surface area contributed by atoms with Crippen LogP contribution in [0.3, 0.4) is 0 Å². The second-order valence-electron chi connectivity index (χ2n) is 13.0. The topological polar surface area (TPSA) is 67.5 Å². The smallest absolute Gasteiger partial charge is 0.164 e. The molecule has 0 saturated heterocycles. The Labute approximate surface area is 267 Å². The van der Waals surface area contributed by atoms with Crippen LogP contribution in [-0.2, 0) is 24.9 Å². The Hall–Kier alpha value is -3.86. The number of carbonyl (C=O) groups excluding carboxylic acids is 1. The third-order valence-corrected chi connectivity index (χ3v) is 7.35. The van der Waals surface area contributed by atoms with Crippen LogP contribution in [0.1, 0.15) is 52.7 Å². The van der Waals surface area contributed by atoms with Crippen molar-refractivity contribution in [2.45, 2.75) is 55.4 Å². The Bertz CT molecular complexity index is 1990. The second kappa shape index (κ2) is 12.0. The number of aliphatic hydroxyl groups is 1. The molecule has 0 amide bonds. The number of imidazole rings is 1. The molecular formula is C37H38IrN3O2-. The first-order valence-corrected chi connectivity index (χ1v) is 14.3. The summed E-state index contributed by atoms with van der Waals surface area (Å²) in [5.74, 6) is 0.104. The van der Waals surface area contributed by atoms with Crippen molar-refractivity contribution < 1.29 is 30.0 Å². The zero-order valence-electron chi connectivity index (χ0n) is 26.0. The summed E-state index contributed by atoms with van der Waals surface area (Å²) in [6.45, 7) is 15.3. The third-order valence-electron chi connectivity index (χ3n) is 7.35. The number of aliphatic hydroxyl groups excluding tert-OH is 1. The monoisotopic (exact) mass is 749 g/mol. The van der Waals surface area contributed by atoms with E-state index in [9.17, 15) is 9.90 Å². The fourth-order valence-electron chi connectivity index (χ4n) is 5.03. The van der Waals surface area contributed by atoms with Crippen molar-refractivity contribution >= 4 is 44.1 Å². The molecule has 43 heavy (non-hydrogen) atoms. The van der Waals surface area contributed by atoms with Crippen molar-refractivity contribution in [3.8, 4) is 11.3 Å². The number of hydrogen-bond acceptors (Lipinski definition) is 4. The average Bonchev–Trinajstić information content (AvgIpc) is 3.32. The first-order valence-electron chi connectivity index (χ1n) is 14.3. The second-order valence-corrected chi connectivity index (χ2v) is 13.0. The van der Waals surface area contributed by atoms with E-state index in [2.05, 4.69) is 85.0 Å². The first kappa shape index (κ1) is 32.1. The molecule has 6 heteroatoms. The number of para-hydroxylation sites is 1. The maximum Gasteiger partial charge on any atom is 0.164 e. The van der Waals surface area contributed by atoms with Gasteiger partial charge in [0.15, 0.2) is 5.78 Å². The number of aryl methyl sites for hydroxylation is 2. The van der Waals surface area contributed by atoms with E-state index >= 15 is 0 Å². The van der Waals surface area contributed by atoms with Gasteiger partial charge in [0.25, 0.3) is 0 Å². The molecule has 6 aromatic rings. The van der Waals surface area contributed by atoms with Gasteiger partial charge in [-0.3, -0.25) is 9.20 Å². The number of aromatic nitrogens is 3. The molecule has 1 N–H and O–H groups in total. The summed E-state index contributed by atoms with van der Waals surface area (Å²) in [7, 11) is 0. The van der Waals surface area contributed by atoms with E-state index in [1.54, 1.807) is 0 Å². The van der Waals surface area contributed by atoms with Crippen molar-refractivity contribution in [3.05, 3.63) is 102 Å². The molecular weight excluding hydrogens is 711 g/mol. The molecule has 3 heterocycles. The zero-order valence-corrected chi connectivity index (χ0v) is 28.4. The van der Waals surface area contributed by atoms with Gasteiger partial charge in [0.1, 0.15) is 11.4 Å². The van der Waals surface area contributed by atoms with Gasteiger partial charge in [-0.05, 0) is 17.5 Å². The fourth-order valence-corrected chi connectivity index (χ4v) is 5.03. The van der Waals surface area contributed by atoms with E-state index in [4.69, 9.17) is 9.97 Å². The maximum absolute atomic E-state index is 11.5. The van der Waals surface area contributed by atoms with Crippen LogP contribution in [0.4, 0.5) is 0 Å². The molecule has 0 saturated carbocycles. The summed E-state index contributed by atoms with van der Waals surface area (Å²) >= 11 is 0. The van der Waals surface area contributed by atoms with E-state index in [-0.39, 0.29) is 37.1 Å². The quantitative estimate of drug-likeness (QED) is 0.0830. The number of ketones is 1. The molecule has 223 valence electrons. The molecule has 0 spiro atoms. The summed E-state index contributed by atoms with van der Waals surface area (Å²) in [6, 6.07) is 26.8. The van der Waals surface area contributed by atoms with Crippen LogP contribution < -0.4 is 0 Å². The van der Waals surface area contributed by atoms with Crippen LogP contribution in [0.5, 0.6) is 0 Å². The van der Waals surface area contributed by atoms with Gasteiger partial charge < -0.3 is 10.1 Å². The average molecular weight is 749 g/mol. The van der Waals surface area contributed by atoms with E-state index in [0.29, 0.717) is 0 Å². The van der Waals surface area contributed by atoms with Crippen LogP contribution in [0.15, 0.2) is 84.8 Å². The van der Waals surface area contributed by atoms with Gasteiger partial charge >= 0.3 is 0 Å². The summed E-state index contributed by atoms with van der Waals surface area (Å²) < 4.78 is 2.26. The van der Waals surface area contributed by atoms with Crippen molar-refractivity contribution in [3.63, 3.8) is 0 Å². The van der Waals surface area contributed by atoms with Gasteiger partial charge in [0.05, 0.1) is 16.6 Å². The fraction of sp³-hybridized carbons (Fsp3) is 0.270. The summed E-state index contributed by atoms with van der Waals surface area (Å²) in [5, 5.41) is 13.1. The molecule has 0 fully saturated rings. The summed E-state index contributed by atoms with van der Waals surface area (Å²) in [4.78, 5) is 21.3. The van der Waals surface area contributed by atoms with Crippen molar-refractivity contribution in [1.82, 2.24) is 14.4 Å². The number of rotatable bonds is 2. The van der Waals surface area contributed by atoms with Crippen molar-refractivity contribution in [2.24, 2.45) is 10.8 Å². The number of allylic oxidation sites excluding steroid dienone is 2. The van der Waals surface area contributed by atoms with Crippen LogP contribution in [-0.4, -0.2) is 25.3 Å². The van der Waals surface area contributed by atoms with Crippen molar-refractivity contribution in [2.75, 3.05) is 0 Å². The molecule has 0 aliphatic rings. The van der Waals surface area contributed by atoms with Crippen LogP contribution >= 0.6 is 0 Å². The summed E-state index contributed by atoms with van der Waals surface area (Å²) in [6.07, 6.45) is 3.18. The predicted molar refractivity (Wildman–Crippen MR) is 174 cm³/mol. The molecule has 1 radical (unpaired) electrons. The van der Waals surface area contributed by atoms with Gasteiger partial charge in [0.2, 0.25) is 0 Å². The minimum absolute atomic E-state index is 0. The molecule has 0 bridgehead atoms. The molecule has 0 aliphatic carbocycles. The van der Waals surface area contributed by atoms with Gasteiger partial charge in [0, 0.05) is 59.7 Å². The summed E-state index contributed by atoms with van der Waals surface area (Å²) in [5.41, 5.74) is 7.57. The first-order chi connectivity index (χ1) is 19.8. The van der Waals surface area contributed by atoms with Crippen LogP contribution in [0.2, 0.25) is 0 Å². The minimum atomic E-state index is -0.417. The Morgan fingerprint density at radius 2 is 1.49 bits per heavy atom. The standard InChI is InChI=1S/C26H18N3.C11H20O2.Ir/c1-16-13-17(2)15-18(14-16)24-25-22(11-12-27-24)28-26-21-9-4-3-7-19(21)20-8-5-6-10-23(20)29(25)26;1-10(2,3)8(12)7-9(13)11(4,5)6;/h3-14H,1-2H3;7,12H,1-6H3;/q-1;;/b;8-7-;. The zero-order chi connectivity index (χ0) is 30.4. The van der Waals surface area contributed by atoms with Gasteiger partial charge in [-0.2, -0.15) is 0 Å². The van der Waals surface area contributed by atoms with Crippen LogP contribution in [0, 0.1) is 30.7 Å². The molecule has 0 unspecified atom stereocenters. The molecule has 6 rings (SSSR count). The van der Waals surface area contributed by atoms with E-state index in [1.807, 2.05) is 53.8 Å².